The number of carbonyl (C=O) groups is 1. The van der Waals surface area contributed by atoms with Gasteiger partial charge in [0.05, 0.1) is 6.42 Å². The largest absolute Gasteiger partial charge is 0.436 e. The Morgan fingerprint density at radius 1 is 1.00 bits per heavy atom. The topological polar surface area (TPSA) is 55.1 Å². The first-order valence-electron chi connectivity index (χ1n) is 8.18. The monoisotopic (exact) mass is 406 g/mol. The first kappa shape index (κ1) is 16.5. The van der Waals surface area contributed by atoms with E-state index in [1.165, 1.54) is 0 Å². The SMILES string of the molecule is O=C(Cc1ccc(Br)cc1)Nc1ccc2oc(-c3ccccc3)nc2c1. The maximum Gasteiger partial charge on any atom is 0.228 e. The number of carbonyl (C=O) groups excluding carboxylic acids is 1. The van der Waals surface area contributed by atoms with Gasteiger partial charge in [-0.3, -0.25) is 4.79 Å². The van der Waals surface area contributed by atoms with Crippen LogP contribution in [0.1, 0.15) is 5.56 Å². The van der Waals surface area contributed by atoms with Gasteiger partial charge in [0, 0.05) is 15.7 Å². The zero-order valence-electron chi connectivity index (χ0n) is 13.8. The number of hydrogen-bond acceptors (Lipinski definition) is 3. The Morgan fingerprint density at radius 2 is 1.77 bits per heavy atom. The highest BCUT2D eigenvalue weighted by Crippen LogP contribution is 2.26. The fraction of sp³-hybridized carbons (Fsp3) is 0.0476. The number of halogens is 1. The number of anilines is 1. The summed E-state index contributed by atoms with van der Waals surface area (Å²) in [4.78, 5) is 16.8. The summed E-state index contributed by atoms with van der Waals surface area (Å²) in [5, 5.41) is 2.91. The van der Waals surface area contributed by atoms with Gasteiger partial charge in [0.25, 0.3) is 0 Å². The van der Waals surface area contributed by atoms with Gasteiger partial charge < -0.3 is 9.73 Å². The molecular formula is C21H15BrN2O2. The van der Waals surface area contributed by atoms with Crippen molar-refractivity contribution in [3.8, 4) is 11.5 Å². The minimum absolute atomic E-state index is 0.0709. The molecule has 0 radical (unpaired) electrons. The number of nitrogens with zero attached hydrogens (tertiary/aromatic N) is 1. The summed E-state index contributed by atoms with van der Waals surface area (Å²) < 4.78 is 6.79. The van der Waals surface area contributed by atoms with Crippen LogP contribution >= 0.6 is 15.9 Å². The van der Waals surface area contributed by atoms with Crippen LogP contribution in [0.5, 0.6) is 0 Å². The molecule has 5 heteroatoms. The van der Waals surface area contributed by atoms with Crippen molar-refractivity contribution in [2.75, 3.05) is 5.32 Å². The maximum atomic E-state index is 12.3. The average molecular weight is 407 g/mol. The molecule has 0 atom stereocenters. The molecule has 4 aromatic rings. The van der Waals surface area contributed by atoms with E-state index in [4.69, 9.17) is 4.42 Å². The molecule has 1 aromatic heterocycles. The molecule has 1 heterocycles. The lowest BCUT2D eigenvalue weighted by atomic mass is 10.1. The number of aromatic nitrogens is 1. The van der Waals surface area contributed by atoms with Gasteiger partial charge in [-0.2, -0.15) is 0 Å². The van der Waals surface area contributed by atoms with E-state index in [1.54, 1.807) is 0 Å². The summed E-state index contributed by atoms with van der Waals surface area (Å²) >= 11 is 3.39. The number of oxazole rings is 1. The molecule has 1 N–H and O–H groups in total. The maximum absolute atomic E-state index is 12.3. The second-order valence-electron chi connectivity index (χ2n) is 5.92. The van der Waals surface area contributed by atoms with Crippen LogP contribution in [0.4, 0.5) is 5.69 Å². The second-order valence-corrected chi connectivity index (χ2v) is 6.83. The molecular weight excluding hydrogens is 392 g/mol. The van der Waals surface area contributed by atoms with Crippen molar-refractivity contribution in [2.24, 2.45) is 0 Å². The predicted octanol–water partition coefficient (Wildman–Crippen LogP) is 5.44. The van der Waals surface area contributed by atoms with Crippen LogP contribution in [0, 0.1) is 0 Å². The van der Waals surface area contributed by atoms with Gasteiger partial charge in [-0.05, 0) is 48.0 Å². The Hall–Kier alpha value is -2.92. The lowest BCUT2D eigenvalue weighted by Crippen LogP contribution is -2.14. The first-order chi connectivity index (χ1) is 12.7. The van der Waals surface area contributed by atoms with Crippen LogP contribution in [0.15, 0.2) is 81.7 Å². The van der Waals surface area contributed by atoms with E-state index in [0.717, 1.165) is 15.6 Å². The Bertz CT molecular complexity index is 1060. The van der Waals surface area contributed by atoms with Gasteiger partial charge >= 0.3 is 0 Å². The molecule has 3 aromatic carbocycles. The summed E-state index contributed by atoms with van der Waals surface area (Å²) in [5.74, 6) is 0.498. The highest BCUT2D eigenvalue weighted by molar-refractivity contribution is 9.10. The fourth-order valence-electron chi connectivity index (χ4n) is 2.70. The molecule has 0 aliphatic heterocycles. The van der Waals surface area contributed by atoms with Crippen molar-refractivity contribution in [1.29, 1.82) is 0 Å². The van der Waals surface area contributed by atoms with E-state index >= 15 is 0 Å². The highest BCUT2D eigenvalue weighted by Gasteiger charge is 2.10. The summed E-state index contributed by atoms with van der Waals surface area (Å²) in [5.41, 5.74) is 3.98. The summed E-state index contributed by atoms with van der Waals surface area (Å²) in [6.45, 7) is 0. The number of hydrogen-bond donors (Lipinski definition) is 1. The summed E-state index contributed by atoms with van der Waals surface area (Å²) in [6.07, 6.45) is 0.319. The molecule has 128 valence electrons. The van der Waals surface area contributed by atoms with Gasteiger partial charge in [-0.1, -0.05) is 46.3 Å². The number of nitrogens with one attached hydrogen (secondary N) is 1. The van der Waals surface area contributed by atoms with Crippen LogP contribution < -0.4 is 5.32 Å². The van der Waals surface area contributed by atoms with Crippen molar-refractivity contribution in [3.05, 3.63) is 82.8 Å². The van der Waals surface area contributed by atoms with Gasteiger partial charge in [0.15, 0.2) is 5.58 Å². The van der Waals surface area contributed by atoms with Crippen molar-refractivity contribution in [1.82, 2.24) is 4.98 Å². The average Bonchev–Trinajstić information content (AvgIpc) is 3.08. The van der Waals surface area contributed by atoms with E-state index < -0.39 is 0 Å². The molecule has 1 amide bonds. The van der Waals surface area contributed by atoms with Gasteiger partial charge in [-0.25, -0.2) is 4.98 Å². The molecule has 0 aliphatic carbocycles. The van der Waals surface area contributed by atoms with E-state index in [0.29, 0.717) is 29.1 Å². The van der Waals surface area contributed by atoms with Gasteiger partial charge in [-0.15, -0.1) is 0 Å². The molecule has 0 spiro atoms. The zero-order chi connectivity index (χ0) is 17.9. The Morgan fingerprint density at radius 3 is 2.54 bits per heavy atom. The Balaban J connectivity index is 1.52. The van der Waals surface area contributed by atoms with Crippen LogP contribution in [-0.2, 0) is 11.2 Å². The van der Waals surface area contributed by atoms with Crippen molar-refractivity contribution in [2.45, 2.75) is 6.42 Å². The number of benzene rings is 3. The smallest absolute Gasteiger partial charge is 0.228 e. The van der Waals surface area contributed by atoms with Crippen LogP contribution in [0.3, 0.4) is 0 Å². The summed E-state index contributed by atoms with van der Waals surface area (Å²) in [6, 6.07) is 22.9. The Labute approximate surface area is 159 Å². The molecule has 0 bridgehead atoms. The van der Waals surface area contributed by atoms with Crippen LogP contribution in [0.2, 0.25) is 0 Å². The molecule has 4 nitrogen and oxygen atoms in total. The number of rotatable bonds is 4. The van der Waals surface area contributed by atoms with E-state index in [1.807, 2.05) is 72.8 Å². The molecule has 0 unspecified atom stereocenters. The molecule has 4 rings (SSSR count). The number of fused-ring (bicyclic) bond motifs is 1. The lowest BCUT2D eigenvalue weighted by Gasteiger charge is -2.05. The third-order valence-corrected chi connectivity index (χ3v) is 4.50. The normalized spacial score (nSPS) is 10.8. The fourth-order valence-corrected chi connectivity index (χ4v) is 2.97. The second kappa shape index (κ2) is 7.14. The molecule has 0 saturated heterocycles. The van der Waals surface area contributed by atoms with E-state index in [2.05, 4.69) is 26.2 Å². The standard InChI is InChI=1S/C21H15BrN2O2/c22-16-8-6-14(7-9-16)12-20(25)23-17-10-11-19-18(13-17)24-21(26-19)15-4-2-1-3-5-15/h1-11,13H,12H2,(H,23,25). The van der Waals surface area contributed by atoms with Gasteiger partial charge in [0.1, 0.15) is 5.52 Å². The van der Waals surface area contributed by atoms with E-state index in [9.17, 15) is 4.79 Å². The molecule has 0 fully saturated rings. The lowest BCUT2D eigenvalue weighted by molar-refractivity contribution is -0.115. The van der Waals surface area contributed by atoms with E-state index in [-0.39, 0.29) is 5.91 Å². The van der Waals surface area contributed by atoms with Crippen molar-refractivity contribution in [3.63, 3.8) is 0 Å². The van der Waals surface area contributed by atoms with Gasteiger partial charge in [0.2, 0.25) is 11.8 Å². The minimum Gasteiger partial charge on any atom is -0.436 e. The van der Waals surface area contributed by atoms with Crippen LogP contribution in [0.25, 0.3) is 22.6 Å². The molecule has 0 saturated carbocycles. The third-order valence-electron chi connectivity index (χ3n) is 3.97. The Kier molecular flexibility index (Phi) is 4.54. The highest BCUT2D eigenvalue weighted by atomic mass is 79.9. The molecule has 26 heavy (non-hydrogen) atoms. The quantitative estimate of drug-likeness (QED) is 0.490. The van der Waals surface area contributed by atoms with Crippen molar-refractivity contribution < 1.29 is 9.21 Å². The molecule has 0 aliphatic rings. The first-order valence-corrected chi connectivity index (χ1v) is 8.97. The third kappa shape index (κ3) is 3.68. The van der Waals surface area contributed by atoms with Crippen LogP contribution in [-0.4, -0.2) is 10.9 Å². The minimum atomic E-state index is -0.0709. The van der Waals surface area contributed by atoms with Crippen molar-refractivity contribution >= 4 is 38.6 Å². The number of amides is 1. The summed E-state index contributed by atoms with van der Waals surface area (Å²) in [7, 11) is 0. The predicted molar refractivity (Wildman–Crippen MR) is 106 cm³/mol. The zero-order valence-corrected chi connectivity index (χ0v) is 15.4.